The quantitative estimate of drug-likeness (QED) is 0.882. The first-order valence-corrected chi connectivity index (χ1v) is 6.21. The van der Waals surface area contributed by atoms with E-state index in [9.17, 15) is 4.79 Å². The molecule has 19 heavy (non-hydrogen) atoms. The molecule has 3 nitrogen and oxygen atoms in total. The Labute approximate surface area is 112 Å². The van der Waals surface area contributed by atoms with Crippen molar-refractivity contribution < 1.29 is 9.90 Å². The minimum atomic E-state index is -0.973. The highest BCUT2D eigenvalue weighted by Crippen LogP contribution is 2.25. The van der Waals surface area contributed by atoms with Crippen LogP contribution >= 0.6 is 0 Å². The lowest BCUT2D eigenvalue weighted by Crippen LogP contribution is -2.32. The number of carboxylic acids is 1. The number of carbonyl (C=O) groups is 1. The summed E-state index contributed by atoms with van der Waals surface area (Å²) < 4.78 is 0. The molecule has 2 rings (SSSR count). The highest BCUT2D eigenvalue weighted by atomic mass is 16.4. The molecule has 1 atom stereocenters. The van der Waals surface area contributed by atoms with Gasteiger partial charge in [-0.3, -0.25) is 4.79 Å². The van der Waals surface area contributed by atoms with Crippen LogP contribution in [0.15, 0.2) is 48.5 Å². The SMILES string of the molecule is Cc1cccc(-c2ccccc2CC(N)C(=O)O)c1. The maximum atomic E-state index is 10.9. The van der Waals surface area contributed by atoms with Gasteiger partial charge in [0, 0.05) is 0 Å². The predicted molar refractivity (Wildman–Crippen MR) is 75.9 cm³/mol. The second-order valence-corrected chi connectivity index (χ2v) is 4.68. The van der Waals surface area contributed by atoms with Crippen molar-refractivity contribution in [2.24, 2.45) is 5.73 Å². The van der Waals surface area contributed by atoms with E-state index < -0.39 is 12.0 Å². The van der Waals surface area contributed by atoms with Crippen LogP contribution in [0.2, 0.25) is 0 Å². The van der Waals surface area contributed by atoms with E-state index in [1.807, 2.05) is 49.4 Å². The van der Waals surface area contributed by atoms with Crippen molar-refractivity contribution in [3.8, 4) is 11.1 Å². The molecule has 0 amide bonds. The number of rotatable bonds is 4. The summed E-state index contributed by atoms with van der Waals surface area (Å²) in [5.41, 5.74) is 9.90. The van der Waals surface area contributed by atoms with Crippen molar-refractivity contribution in [1.29, 1.82) is 0 Å². The zero-order chi connectivity index (χ0) is 13.8. The van der Waals surface area contributed by atoms with Gasteiger partial charge in [-0.15, -0.1) is 0 Å². The highest BCUT2D eigenvalue weighted by molar-refractivity contribution is 5.75. The molecule has 0 aliphatic rings. The molecule has 1 unspecified atom stereocenters. The van der Waals surface area contributed by atoms with E-state index in [0.29, 0.717) is 6.42 Å². The third-order valence-electron chi connectivity index (χ3n) is 3.10. The van der Waals surface area contributed by atoms with Crippen molar-refractivity contribution in [2.45, 2.75) is 19.4 Å². The van der Waals surface area contributed by atoms with Crippen LogP contribution in [-0.2, 0) is 11.2 Å². The van der Waals surface area contributed by atoms with Gasteiger partial charge in [0.1, 0.15) is 6.04 Å². The van der Waals surface area contributed by atoms with Crippen LogP contribution in [0.5, 0.6) is 0 Å². The van der Waals surface area contributed by atoms with Crippen LogP contribution in [-0.4, -0.2) is 17.1 Å². The molecule has 0 saturated heterocycles. The van der Waals surface area contributed by atoms with Gasteiger partial charge in [0.15, 0.2) is 0 Å². The lowest BCUT2D eigenvalue weighted by atomic mass is 9.94. The van der Waals surface area contributed by atoms with Crippen LogP contribution < -0.4 is 5.73 Å². The summed E-state index contributed by atoms with van der Waals surface area (Å²) in [5, 5.41) is 8.92. The molecule has 0 spiro atoms. The summed E-state index contributed by atoms with van der Waals surface area (Å²) in [6.07, 6.45) is 0.333. The molecule has 3 heteroatoms. The van der Waals surface area contributed by atoms with Gasteiger partial charge in [0.2, 0.25) is 0 Å². The first kappa shape index (κ1) is 13.3. The average Bonchev–Trinajstić information content (AvgIpc) is 2.39. The lowest BCUT2D eigenvalue weighted by Gasteiger charge is -2.12. The first-order chi connectivity index (χ1) is 9.08. The third kappa shape index (κ3) is 3.20. The standard InChI is InChI=1S/C16H17NO2/c1-11-5-4-7-12(9-11)14-8-3-2-6-13(14)10-15(17)16(18)19/h2-9,15H,10,17H2,1H3,(H,18,19). The van der Waals surface area contributed by atoms with Gasteiger partial charge in [0.25, 0.3) is 0 Å². The van der Waals surface area contributed by atoms with Crippen molar-refractivity contribution >= 4 is 5.97 Å². The molecule has 0 bridgehead atoms. The number of benzene rings is 2. The van der Waals surface area contributed by atoms with E-state index in [1.54, 1.807) is 0 Å². The second kappa shape index (κ2) is 5.67. The Hall–Kier alpha value is -2.13. The maximum absolute atomic E-state index is 10.9. The van der Waals surface area contributed by atoms with E-state index in [1.165, 1.54) is 5.56 Å². The molecule has 0 heterocycles. The Morgan fingerprint density at radius 1 is 1.21 bits per heavy atom. The molecule has 3 N–H and O–H groups in total. The van der Waals surface area contributed by atoms with Gasteiger partial charge < -0.3 is 10.8 Å². The smallest absolute Gasteiger partial charge is 0.320 e. The molecular formula is C16H17NO2. The number of hydrogen-bond acceptors (Lipinski definition) is 2. The molecule has 0 aliphatic carbocycles. The number of nitrogens with two attached hydrogens (primary N) is 1. The van der Waals surface area contributed by atoms with Gasteiger partial charge in [-0.1, -0.05) is 54.1 Å². The van der Waals surface area contributed by atoms with Gasteiger partial charge in [-0.25, -0.2) is 0 Å². The Morgan fingerprint density at radius 3 is 2.63 bits per heavy atom. The number of hydrogen-bond donors (Lipinski definition) is 2. The van der Waals surface area contributed by atoms with Gasteiger partial charge >= 0.3 is 5.97 Å². The van der Waals surface area contributed by atoms with E-state index in [2.05, 4.69) is 6.07 Å². The fraction of sp³-hybridized carbons (Fsp3) is 0.188. The van der Waals surface area contributed by atoms with Crippen molar-refractivity contribution in [2.75, 3.05) is 0 Å². The van der Waals surface area contributed by atoms with Crippen LogP contribution in [0.3, 0.4) is 0 Å². The van der Waals surface area contributed by atoms with Crippen LogP contribution in [0.4, 0.5) is 0 Å². The van der Waals surface area contributed by atoms with Crippen molar-refractivity contribution in [3.63, 3.8) is 0 Å². The van der Waals surface area contributed by atoms with Crippen molar-refractivity contribution in [1.82, 2.24) is 0 Å². The minimum Gasteiger partial charge on any atom is -0.480 e. The van der Waals surface area contributed by atoms with Crippen LogP contribution in [0.1, 0.15) is 11.1 Å². The molecule has 0 aromatic heterocycles. The molecule has 0 saturated carbocycles. The summed E-state index contributed by atoms with van der Waals surface area (Å²) in [6, 6.07) is 15.1. The Bertz CT molecular complexity index is 593. The molecule has 0 radical (unpaired) electrons. The van der Waals surface area contributed by atoms with Gasteiger partial charge in [-0.05, 0) is 30.0 Å². The average molecular weight is 255 g/mol. The molecule has 0 aliphatic heterocycles. The van der Waals surface area contributed by atoms with Gasteiger partial charge in [0.05, 0.1) is 0 Å². The minimum absolute atomic E-state index is 0.333. The summed E-state index contributed by atoms with van der Waals surface area (Å²) >= 11 is 0. The normalized spacial score (nSPS) is 12.1. The topological polar surface area (TPSA) is 63.3 Å². The second-order valence-electron chi connectivity index (χ2n) is 4.68. The van der Waals surface area contributed by atoms with E-state index in [4.69, 9.17) is 10.8 Å². The predicted octanol–water partition coefficient (Wildman–Crippen LogP) is 2.62. The largest absolute Gasteiger partial charge is 0.480 e. The van der Waals surface area contributed by atoms with Crippen molar-refractivity contribution in [3.05, 3.63) is 59.7 Å². The lowest BCUT2D eigenvalue weighted by molar-refractivity contribution is -0.138. The fourth-order valence-electron chi connectivity index (χ4n) is 2.12. The molecular weight excluding hydrogens is 238 g/mol. The number of aliphatic carboxylic acids is 1. The molecule has 0 fully saturated rings. The van der Waals surface area contributed by atoms with E-state index in [-0.39, 0.29) is 0 Å². The maximum Gasteiger partial charge on any atom is 0.320 e. The zero-order valence-corrected chi connectivity index (χ0v) is 10.8. The Balaban J connectivity index is 2.39. The van der Waals surface area contributed by atoms with Crippen LogP contribution in [0, 0.1) is 6.92 Å². The van der Waals surface area contributed by atoms with E-state index in [0.717, 1.165) is 16.7 Å². The summed E-state index contributed by atoms with van der Waals surface area (Å²) in [5.74, 6) is -0.973. The molecule has 98 valence electrons. The monoisotopic (exact) mass is 255 g/mol. The fourth-order valence-corrected chi connectivity index (χ4v) is 2.12. The number of aryl methyl sites for hydroxylation is 1. The number of carboxylic acid groups (broad SMARTS) is 1. The zero-order valence-electron chi connectivity index (χ0n) is 10.8. The molecule has 2 aromatic rings. The summed E-state index contributed by atoms with van der Waals surface area (Å²) in [6.45, 7) is 2.04. The summed E-state index contributed by atoms with van der Waals surface area (Å²) in [7, 11) is 0. The molecule has 2 aromatic carbocycles. The Morgan fingerprint density at radius 2 is 1.95 bits per heavy atom. The van der Waals surface area contributed by atoms with Gasteiger partial charge in [-0.2, -0.15) is 0 Å². The highest BCUT2D eigenvalue weighted by Gasteiger charge is 2.14. The van der Waals surface area contributed by atoms with E-state index >= 15 is 0 Å². The Kier molecular flexibility index (Phi) is 3.97. The summed E-state index contributed by atoms with van der Waals surface area (Å²) in [4.78, 5) is 10.9. The third-order valence-corrected chi connectivity index (χ3v) is 3.10. The van der Waals surface area contributed by atoms with Crippen LogP contribution in [0.25, 0.3) is 11.1 Å². The first-order valence-electron chi connectivity index (χ1n) is 6.21.